The summed E-state index contributed by atoms with van der Waals surface area (Å²) in [4.78, 5) is 0. The highest BCUT2D eigenvalue weighted by Gasteiger charge is 2.24. The normalized spacial score (nSPS) is 17.8. The van der Waals surface area contributed by atoms with E-state index in [1.54, 1.807) is 0 Å². The fourth-order valence-electron chi connectivity index (χ4n) is 2.07. The van der Waals surface area contributed by atoms with E-state index in [1.165, 1.54) is 12.1 Å². The second-order valence-corrected chi connectivity index (χ2v) is 4.58. The minimum atomic E-state index is -0.237. The molecule has 5 heteroatoms. The number of halogens is 1. The molecule has 1 heterocycles. The SMILES string of the molecule is N=C(NC1CC1)NN1CCc2ccc(F)cc21. The molecule has 0 radical (unpaired) electrons. The van der Waals surface area contributed by atoms with Gasteiger partial charge < -0.3 is 5.32 Å². The van der Waals surface area contributed by atoms with Gasteiger partial charge in [0, 0.05) is 12.6 Å². The number of benzene rings is 1. The molecule has 0 atom stereocenters. The summed E-state index contributed by atoms with van der Waals surface area (Å²) in [5, 5.41) is 12.7. The number of rotatable bonds is 2. The zero-order chi connectivity index (χ0) is 11.8. The fourth-order valence-corrected chi connectivity index (χ4v) is 2.07. The van der Waals surface area contributed by atoms with Gasteiger partial charge in [-0.2, -0.15) is 0 Å². The largest absolute Gasteiger partial charge is 0.352 e. The Balaban J connectivity index is 1.69. The van der Waals surface area contributed by atoms with Crippen molar-refractivity contribution in [2.24, 2.45) is 0 Å². The van der Waals surface area contributed by atoms with Crippen LogP contribution in [0.2, 0.25) is 0 Å². The van der Waals surface area contributed by atoms with Crippen LogP contribution >= 0.6 is 0 Å². The molecule has 2 aliphatic rings. The molecule has 1 aliphatic carbocycles. The molecule has 3 N–H and O–H groups in total. The standard InChI is InChI=1S/C12H15FN4/c13-9-2-1-8-5-6-17(11(8)7-9)16-12(14)15-10-3-4-10/h1-2,7,10H,3-6H2,(H3,14,15,16). The summed E-state index contributed by atoms with van der Waals surface area (Å²) in [5.74, 6) is 0.0590. The highest BCUT2D eigenvalue weighted by Crippen LogP contribution is 2.27. The van der Waals surface area contributed by atoms with Crippen molar-refractivity contribution < 1.29 is 4.39 Å². The minimum Gasteiger partial charge on any atom is -0.352 e. The van der Waals surface area contributed by atoms with Crippen LogP contribution in [-0.2, 0) is 6.42 Å². The van der Waals surface area contributed by atoms with Crippen molar-refractivity contribution in [1.82, 2.24) is 10.7 Å². The Morgan fingerprint density at radius 2 is 2.24 bits per heavy atom. The molecule has 1 aliphatic heterocycles. The Labute approximate surface area is 99.3 Å². The van der Waals surface area contributed by atoms with Crippen LogP contribution in [-0.4, -0.2) is 18.5 Å². The van der Waals surface area contributed by atoms with Crippen LogP contribution in [0.3, 0.4) is 0 Å². The third-order valence-corrected chi connectivity index (χ3v) is 3.12. The molecule has 1 fully saturated rings. The molecular weight excluding hydrogens is 219 g/mol. The second-order valence-electron chi connectivity index (χ2n) is 4.58. The van der Waals surface area contributed by atoms with Gasteiger partial charge in [-0.25, -0.2) is 4.39 Å². The second kappa shape index (κ2) is 3.91. The Bertz CT molecular complexity index is 456. The molecule has 0 unspecified atom stereocenters. The number of guanidine groups is 1. The first-order valence-corrected chi connectivity index (χ1v) is 5.90. The smallest absolute Gasteiger partial charge is 0.207 e. The molecule has 0 saturated heterocycles. The Morgan fingerprint density at radius 1 is 1.41 bits per heavy atom. The number of anilines is 1. The van der Waals surface area contributed by atoms with Gasteiger partial charge in [0.25, 0.3) is 0 Å². The Kier molecular flexibility index (Phi) is 2.39. The summed E-state index contributed by atoms with van der Waals surface area (Å²) >= 11 is 0. The molecule has 90 valence electrons. The molecule has 0 amide bonds. The molecule has 4 nitrogen and oxygen atoms in total. The molecule has 17 heavy (non-hydrogen) atoms. The van der Waals surface area contributed by atoms with E-state index in [9.17, 15) is 4.39 Å². The topological polar surface area (TPSA) is 51.2 Å². The van der Waals surface area contributed by atoms with Crippen LogP contribution in [0.25, 0.3) is 0 Å². The van der Waals surface area contributed by atoms with Gasteiger partial charge in [0.15, 0.2) is 0 Å². The van der Waals surface area contributed by atoms with Gasteiger partial charge >= 0.3 is 0 Å². The number of nitrogens with zero attached hydrogens (tertiary/aromatic N) is 1. The van der Waals surface area contributed by atoms with Gasteiger partial charge in [-0.3, -0.25) is 15.8 Å². The summed E-state index contributed by atoms with van der Waals surface area (Å²) in [5.41, 5.74) is 4.94. The summed E-state index contributed by atoms with van der Waals surface area (Å²) in [6.45, 7) is 0.771. The van der Waals surface area contributed by atoms with Gasteiger partial charge in [-0.1, -0.05) is 6.07 Å². The first kappa shape index (κ1) is 10.4. The van der Waals surface area contributed by atoms with Crippen molar-refractivity contribution in [2.75, 3.05) is 11.6 Å². The van der Waals surface area contributed by atoms with Crippen molar-refractivity contribution in [3.05, 3.63) is 29.6 Å². The lowest BCUT2D eigenvalue weighted by Gasteiger charge is -2.22. The third-order valence-electron chi connectivity index (χ3n) is 3.12. The number of nitrogens with one attached hydrogen (secondary N) is 3. The van der Waals surface area contributed by atoms with Crippen LogP contribution < -0.4 is 15.8 Å². The van der Waals surface area contributed by atoms with Crippen molar-refractivity contribution in [2.45, 2.75) is 25.3 Å². The summed E-state index contributed by atoms with van der Waals surface area (Å²) < 4.78 is 13.2. The quantitative estimate of drug-likeness (QED) is 0.535. The Hall–Kier alpha value is -1.78. The van der Waals surface area contributed by atoms with E-state index in [0.717, 1.165) is 37.1 Å². The predicted octanol–water partition coefficient (Wildman–Crippen LogP) is 1.38. The summed E-state index contributed by atoms with van der Waals surface area (Å²) in [6.07, 6.45) is 3.16. The number of hydrogen-bond donors (Lipinski definition) is 3. The first-order valence-electron chi connectivity index (χ1n) is 5.90. The summed E-state index contributed by atoms with van der Waals surface area (Å²) in [7, 11) is 0. The number of fused-ring (bicyclic) bond motifs is 1. The summed E-state index contributed by atoms with van der Waals surface area (Å²) in [6, 6.07) is 5.25. The van der Waals surface area contributed by atoms with E-state index in [0.29, 0.717) is 12.0 Å². The third kappa shape index (κ3) is 2.18. The average molecular weight is 234 g/mol. The molecule has 0 bridgehead atoms. The highest BCUT2D eigenvalue weighted by molar-refractivity contribution is 5.79. The maximum Gasteiger partial charge on any atom is 0.207 e. The molecule has 0 spiro atoms. The van der Waals surface area contributed by atoms with E-state index in [1.807, 2.05) is 11.1 Å². The van der Waals surface area contributed by atoms with Gasteiger partial charge in [-0.05, 0) is 37.0 Å². The van der Waals surface area contributed by atoms with Crippen molar-refractivity contribution in [3.63, 3.8) is 0 Å². The lowest BCUT2D eigenvalue weighted by Crippen LogP contribution is -2.47. The van der Waals surface area contributed by atoms with Crippen LogP contribution in [0.5, 0.6) is 0 Å². The maximum atomic E-state index is 13.2. The lowest BCUT2D eigenvalue weighted by molar-refractivity contribution is 0.626. The molecule has 1 saturated carbocycles. The van der Waals surface area contributed by atoms with E-state index in [2.05, 4.69) is 10.7 Å². The molecule has 1 aromatic rings. The van der Waals surface area contributed by atoms with Crippen molar-refractivity contribution in [1.29, 1.82) is 5.41 Å². The number of hydrogen-bond acceptors (Lipinski definition) is 2. The van der Waals surface area contributed by atoms with E-state index >= 15 is 0 Å². The zero-order valence-corrected chi connectivity index (χ0v) is 9.46. The van der Waals surface area contributed by atoms with E-state index < -0.39 is 0 Å². The van der Waals surface area contributed by atoms with E-state index in [-0.39, 0.29) is 5.82 Å². The fraction of sp³-hybridized carbons (Fsp3) is 0.417. The zero-order valence-electron chi connectivity index (χ0n) is 9.46. The molecular formula is C12H15FN4. The predicted molar refractivity (Wildman–Crippen MR) is 64.5 cm³/mol. The van der Waals surface area contributed by atoms with Gasteiger partial charge in [-0.15, -0.1) is 0 Å². The van der Waals surface area contributed by atoms with Gasteiger partial charge in [0.1, 0.15) is 5.82 Å². The van der Waals surface area contributed by atoms with Crippen LogP contribution in [0.1, 0.15) is 18.4 Å². The maximum absolute atomic E-state index is 13.2. The van der Waals surface area contributed by atoms with Crippen LogP contribution in [0.15, 0.2) is 18.2 Å². The monoisotopic (exact) mass is 234 g/mol. The van der Waals surface area contributed by atoms with Crippen LogP contribution in [0.4, 0.5) is 10.1 Å². The molecule has 3 rings (SSSR count). The lowest BCUT2D eigenvalue weighted by atomic mass is 10.2. The number of hydrazine groups is 1. The van der Waals surface area contributed by atoms with Gasteiger partial charge in [0.05, 0.1) is 5.69 Å². The highest BCUT2D eigenvalue weighted by atomic mass is 19.1. The van der Waals surface area contributed by atoms with Crippen molar-refractivity contribution >= 4 is 11.6 Å². The van der Waals surface area contributed by atoms with Crippen LogP contribution in [0, 0.1) is 11.2 Å². The van der Waals surface area contributed by atoms with Gasteiger partial charge in [0.2, 0.25) is 5.96 Å². The first-order chi connectivity index (χ1) is 8.22. The minimum absolute atomic E-state index is 0.237. The molecule has 0 aromatic heterocycles. The Morgan fingerprint density at radius 3 is 3.00 bits per heavy atom. The average Bonchev–Trinajstić information content (AvgIpc) is 3.01. The van der Waals surface area contributed by atoms with E-state index in [4.69, 9.17) is 5.41 Å². The van der Waals surface area contributed by atoms with Crippen molar-refractivity contribution in [3.8, 4) is 0 Å². The molecule has 1 aromatic carbocycles.